The third-order valence-corrected chi connectivity index (χ3v) is 6.17. The van der Waals surface area contributed by atoms with Gasteiger partial charge in [-0.1, -0.05) is 39.3 Å². The molecule has 1 fully saturated rings. The van der Waals surface area contributed by atoms with Gasteiger partial charge in [0, 0.05) is 18.8 Å². The Labute approximate surface area is 157 Å². The Balaban J connectivity index is 1.69. The highest BCUT2D eigenvalue weighted by Crippen LogP contribution is 2.59. The number of nitrogens with zero attached hydrogens (tertiary/aromatic N) is 1. The molecule has 0 aromatic heterocycles. The van der Waals surface area contributed by atoms with E-state index in [1.165, 1.54) is 12.0 Å². The second kappa shape index (κ2) is 7.34. The second-order valence-electron chi connectivity index (χ2n) is 8.75. The van der Waals surface area contributed by atoms with Gasteiger partial charge in [-0.05, 0) is 60.3 Å². The van der Waals surface area contributed by atoms with E-state index >= 15 is 0 Å². The lowest BCUT2D eigenvalue weighted by molar-refractivity contribution is -0.00968. The largest absolute Gasteiger partial charge is 0.497 e. The van der Waals surface area contributed by atoms with Crippen LogP contribution in [-0.2, 0) is 0 Å². The number of amides is 2. The van der Waals surface area contributed by atoms with Crippen LogP contribution in [-0.4, -0.2) is 31.1 Å². The Morgan fingerprint density at radius 2 is 2.00 bits per heavy atom. The normalized spacial score (nSPS) is 23.1. The average molecular weight is 357 g/mol. The third-order valence-electron chi connectivity index (χ3n) is 6.17. The highest BCUT2D eigenvalue weighted by Gasteiger charge is 2.51. The van der Waals surface area contributed by atoms with Crippen LogP contribution in [0.15, 0.2) is 35.9 Å². The molecule has 0 spiro atoms. The van der Waals surface area contributed by atoms with E-state index in [-0.39, 0.29) is 6.03 Å². The molecule has 0 aliphatic heterocycles. The van der Waals surface area contributed by atoms with Gasteiger partial charge in [0.1, 0.15) is 5.75 Å². The fourth-order valence-electron chi connectivity index (χ4n) is 4.41. The number of carbonyl (C=O) groups excluding carboxylic acids is 1. The summed E-state index contributed by atoms with van der Waals surface area (Å²) in [5.74, 6) is 2.67. The van der Waals surface area contributed by atoms with Crippen molar-refractivity contribution >= 4 is 11.7 Å². The molecule has 0 heterocycles. The summed E-state index contributed by atoms with van der Waals surface area (Å²) < 4.78 is 5.18. The molecule has 3 aliphatic rings. The Kier molecular flexibility index (Phi) is 5.31. The van der Waals surface area contributed by atoms with E-state index in [9.17, 15) is 4.79 Å². The van der Waals surface area contributed by atoms with Crippen LogP contribution >= 0.6 is 0 Å². The van der Waals surface area contributed by atoms with Gasteiger partial charge in [0.15, 0.2) is 0 Å². The van der Waals surface area contributed by atoms with Crippen molar-refractivity contribution in [2.45, 2.75) is 40.5 Å². The maximum absolute atomic E-state index is 12.9. The van der Waals surface area contributed by atoms with Crippen LogP contribution in [0.2, 0.25) is 0 Å². The average Bonchev–Trinajstić information content (AvgIpc) is 2.61. The second-order valence-corrected chi connectivity index (χ2v) is 8.75. The summed E-state index contributed by atoms with van der Waals surface area (Å²) in [6, 6.07) is 7.46. The summed E-state index contributed by atoms with van der Waals surface area (Å²) in [4.78, 5) is 14.9. The van der Waals surface area contributed by atoms with Crippen LogP contribution in [0, 0.1) is 23.2 Å². The van der Waals surface area contributed by atoms with Crippen molar-refractivity contribution in [1.82, 2.24) is 4.90 Å². The Hall–Kier alpha value is -1.97. The van der Waals surface area contributed by atoms with Crippen LogP contribution in [0.4, 0.5) is 10.5 Å². The van der Waals surface area contributed by atoms with Crippen molar-refractivity contribution in [3.63, 3.8) is 0 Å². The lowest BCUT2D eigenvalue weighted by Gasteiger charge is -2.57. The quantitative estimate of drug-likeness (QED) is 0.714. The predicted molar refractivity (Wildman–Crippen MR) is 107 cm³/mol. The molecular weight excluding hydrogens is 324 g/mol. The summed E-state index contributed by atoms with van der Waals surface area (Å²) in [6.07, 6.45) is 4.83. The van der Waals surface area contributed by atoms with Gasteiger partial charge in [0.2, 0.25) is 0 Å². The molecule has 142 valence electrons. The number of fused-ring (bicyclic) bond motifs is 1. The first kappa shape index (κ1) is 18.8. The lowest BCUT2D eigenvalue weighted by atomic mass is 9.49. The minimum atomic E-state index is -0.0241. The molecule has 2 atom stereocenters. The zero-order valence-electron chi connectivity index (χ0n) is 16.7. The Bertz CT molecular complexity index is 676. The molecular formula is C22H32N2O2. The lowest BCUT2D eigenvalue weighted by Crippen LogP contribution is -2.50. The van der Waals surface area contributed by atoms with Gasteiger partial charge >= 0.3 is 6.03 Å². The summed E-state index contributed by atoms with van der Waals surface area (Å²) >= 11 is 0. The van der Waals surface area contributed by atoms with Crippen molar-refractivity contribution in [2.24, 2.45) is 23.2 Å². The Morgan fingerprint density at radius 1 is 1.31 bits per heavy atom. The molecule has 1 N–H and O–H groups in total. The molecule has 2 unspecified atom stereocenters. The number of anilines is 1. The molecule has 2 bridgehead atoms. The number of methoxy groups -OCH3 is 1. The van der Waals surface area contributed by atoms with Crippen molar-refractivity contribution in [1.29, 1.82) is 0 Å². The number of rotatable bonds is 6. The highest BCUT2D eigenvalue weighted by atomic mass is 16.5. The van der Waals surface area contributed by atoms with E-state index in [2.05, 4.69) is 39.1 Å². The van der Waals surface area contributed by atoms with Gasteiger partial charge in [-0.25, -0.2) is 4.79 Å². The molecule has 1 aromatic rings. The van der Waals surface area contributed by atoms with Crippen molar-refractivity contribution in [2.75, 3.05) is 25.5 Å². The van der Waals surface area contributed by atoms with Crippen molar-refractivity contribution < 1.29 is 9.53 Å². The SMILES string of the molecule is COc1ccc(NC(=O)N(CC2=CCC3CC2C3(C)C)CC(C)C)cc1. The molecule has 1 saturated carbocycles. The van der Waals surface area contributed by atoms with Gasteiger partial charge in [-0.2, -0.15) is 0 Å². The summed E-state index contributed by atoms with van der Waals surface area (Å²) in [6.45, 7) is 10.6. The number of urea groups is 1. The molecule has 26 heavy (non-hydrogen) atoms. The van der Waals surface area contributed by atoms with Crippen LogP contribution in [0.25, 0.3) is 0 Å². The first-order valence-corrected chi connectivity index (χ1v) is 9.70. The van der Waals surface area contributed by atoms with Crippen LogP contribution in [0.1, 0.15) is 40.5 Å². The zero-order chi connectivity index (χ0) is 18.9. The predicted octanol–water partition coefficient (Wildman–Crippen LogP) is 5.18. The number of carbonyl (C=O) groups is 1. The number of nitrogens with one attached hydrogen (secondary N) is 1. The summed E-state index contributed by atoms with van der Waals surface area (Å²) in [7, 11) is 1.64. The smallest absolute Gasteiger partial charge is 0.322 e. The molecule has 4 nitrogen and oxygen atoms in total. The number of allylic oxidation sites excluding steroid dienone is 1. The zero-order valence-corrected chi connectivity index (χ0v) is 16.7. The monoisotopic (exact) mass is 356 g/mol. The summed E-state index contributed by atoms with van der Waals surface area (Å²) in [5, 5.41) is 3.04. The minimum Gasteiger partial charge on any atom is -0.497 e. The van der Waals surface area contributed by atoms with Gasteiger partial charge in [-0.3, -0.25) is 0 Å². The number of ether oxygens (including phenoxy) is 1. The van der Waals surface area contributed by atoms with Gasteiger partial charge in [0.05, 0.1) is 7.11 Å². The maximum Gasteiger partial charge on any atom is 0.322 e. The highest BCUT2D eigenvalue weighted by molar-refractivity contribution is 5.89. The van der Waals surface area contributed by atoms with Gasteiger partial charge in [-0.15, -0.1) is 0 Å². The van der Waals surface area contributed by atoms with E-state index in [1.54, 1.807) is 7.11 Å². The number of hydrogen-bond donors (Lipinski definition) is 1. The van der Waals surface area contributed by atoms with Crippen LogP contribution in [0.5, 0.6) is 5.75 Å². The summed E-state index contributed by atoms with van der Waals surface area (Å²) in [5.41, 5.74) is 2.63. The molecule has 0 radical (unpaired) electrons. The van der Waals surface area contributed by atoms with E-state index in [0.717, 1.165) is 36.9 Å². The molecule has 1 aromatic carbocycles. The fraction of sp³-hybridized carbons (Fsp3) is 0.591. The van der Waals surface area contributed by atoms with Gasteiger partial charge < -0.3 is 15.0 Å². The topological polar surface area (TPSA) is 41.6 Å². The standard InChI is InChI=1S/C22H32N2O2/c1-15(2)13-24(14-16-6-7-17-12-20(16)22(17,3)4)21(25)23-18-8-10-19(26-5)11-9-18/h6,8-11,15,17,20H,7,12-14H2,1-5H3,(H,23,25). The van der Waals surface area contributed by atoms with E-state index in [0.29, 0.717) is 17.3 Å². The third kappa shape index (κ3) is 3.74. The van der Waals surface area contributed by atoms with Crippen molar-refractivity contribution in [3.05, 3.63) is 35.9 Å². The van der Waals surface area contributed by atoms with Crippen LogP contribution in [0.3, 0.4) is 0 Å². The Morgan fingerprint density at radius 3 is 2.54 bits per heavy atom. The fourth-order valence-corrected chi connectivity index (χ4v) is 4.41. The first-order valence-electron chi connectivity index (χ1n) is 9.70. The van der Waals surface area contributed by atoms with Gasteiger partial charge in [0.25, 0.3) is 0 Å². The number of benzene rings is 1. The maximum atomic E-state index is 12.9. The van der Waals surface area contributed by atoms with Crippen LogP contribution < -0.4 is 10.1 Å². The minimum absolute atomic E-state index is 0.0241. The van der Waals surface area contributed by atoms with Crippen molar-refractivity contribution in [3.8, 4) is 5.75 Å². The van der Waals surface area contributed by atoms with E-state index < -0.39 is 0 Å². The molecule has 4 rings (SSSR count). The van der Waals surface area contributed by atoms with E-state index in [1.807, 2.05) is 29.2 Å². The molecule has 3 aliphatic carbocycles. The number of hydrogen-bond acceptors (Lipinski definition) is 2. The molecule has 2 amide bonds. The molecule has 4 heteroatoms. The first-order chi connectivity index (χ1) is 12.3. The van der Waals surface area contributed by atoms with E-state index in [4.69, 9.17) is 4.74 Å². The molecule has 0 saturated heterocycles.